The molecule has 0 fully saturated rings. The first-order chi connectivity index (χ1) is 10.8. The lowest BCUT2D eigenvalue weighted by atomic mass is 10.2. The van der Waals surface area contributed by atoms with E-state index in [4.69, 9.17) is 10.2 Å². The fourth-order valence-corrected chi connectivity index (χ4v) is 2.41. The van der Waals surface area contributed by atoms with Gasteiger partial charge in [0.05, 0.1) is 12.8 Å². The van der Waals surface area contributed by atoms with Crippen LogP contribution in [0.5, 0.6) is 0 Å². The first-order valence-corrected chi connectivity index (χ1v) is 7.58. The number of nitrogens with zero attached hydrogens (tertiary/aromatic N) is 3. The Morgan fingerprint density at radius 1 is 1.14 bits per heavy atom. The molecule has 2 heterocycles. The maximum Gasteiger partial charge on any atom is 0.200 e. The Bertz CT molecular complexity index is 714. The summed E-state index contributed by atoms with van der Waals surface area (Å²) in [5.41, 5.74) is 7.69. The molecule has 0 aliphatic heterocycles. The third-order valence-electron chi connectivity index (χ3n) is 3.64. The smallest absolute Gasteiger partial charge is 0.200 e. The van der Waals surface area contributed by atoms with Crippen LogP contribution in [0.1, 0.15) is 31.2 Å². The molecule has 22 heavy (non-hydrogen) atoms. The standard InChI is InChI=1S/C17H20N4O/c1-2-3-6-16-19-20-17(15-5-4-11-22-15)21(16)12-13-7-9-14(18)10-8-13/h4-5,7-11H,2-3,6,12,18H2,1H3. The van der Waals surface area contributed by atoms with Crippen molar-refractivity contribution in [1.29, 1.82) is 0 Å². The van der Waals surface area contributed by atoms with Gasteiger partial charge in [-0.3, -0.25) is 0 Å². The number of hydrogen-bond donors (Lipinski definition) is 1. The van der Waals surface area contributed by atoms with Crippen molar-refractivity contribution >= 4 is 5.69 Å². The third kappa shape index (κ3) is 3.03. The molecule has 1 aromatic carbocycles. The summed E-state index contributed by atoms with van der Waals surface area (Å²) in [5.74, 6) is 2.50. The van der Waals surface area contributed by atoms with E-state index in [2.05, 4.69) is 21.7 Å². The Hall–Kier alpha value is -2.56. The summed E-state index contributed by atoms with van der Waals surface area (Å²) in [4.78, 5) is 0. The average Bonchev–Trinajstić information content (AvgIpc) is 3.17. The van der Waals surface area contributed by atoms with E-state index in [-0.39, 0.29) is 0 Å². The summed E-state index contributed by atoms with van der Waals surface area (Å²) in [6, 6.07) is 11.7. The van der Waals surface area contributed by atoms with Gasteiger partial charge in [-0.05, 0) is 36.2 Å². The molecule has 0 saturated heterocycles. The van der Waals surface area contributed by atoms with Gasteiger partial charge in [0.15, 0.2) is 11.6 Å². The van der Waals surface area contributed by atoms with Gasteiger partial charge in [-0.1, -0.05) is 25.5 Å². The molecular formula is C17H20N4O. The van der Waals surface area contributed by atoms with Crippen LogP contribution in [-0.2, 0) is 13.0 Å². The molecule has 0 radical (unpaired) electrons. The Morgan fingerprint density at radius 3 is 2.64 bits per heavy atom. The average molecular weight is 296 g/mol. The molecular weight excluding hydrogens is 276 g/mol. The second-order valence-electron chi connectivity index (χ2n) is 5.35. The number of rotatable bonds is 6. The number of benzene rings is 1. The van der Waals surface area contributed by atoms with Crippen molar-refractivity contribution in [2.75, 3.05) is 5.73 Å². The maximum atomic E-state index is 5.76. The number of nitrogen functional groups attached to an aromatic ring is 1. The van der Waals surface area contributed by atoms with Gasteiger partial charge < -0.3 is 14.7 Å². The van der Waals surface area contributed by atoms with Gasteiger partial charge >= 0.3 is 0 Å². The summed E-state index contributed by atoms with van der Waals surface area (Å²) < 4.78 is 7.62. The minimum absolute atomic E-state index is 0.711. The normalized spacial score (nSPS) is 11.0. The van der Waals surface area contributed by atoms with Crippen LogP contribution in [0.3, 0.4) is 0 Å². The second-order valence-corrected chi connectivity index (χ2v) is 5.35. The Kier molecular flexibility index (Phi) is 4.23. The fourth-order valence-electron chi connectivity index (χ4n) is 2.41. The lowest BCUT2D eigenvalue weighted by molar-refractivity contribution is 0.569. The Labute approximate surface area is 129 Å². The summed E-state index contributed by atoms with van der Waals surface area (Å²) in [7, 11) is 0. The number of anilines is 1. The van der Waals surface area contributed by atoms with Crippen LogP contribution in [0.15, 0.2) is 47.1 Å². The quantitative estimate of drug-likeness (QED) is 0.707. The Morgan fingerprint density at radius 2 is 1.95 bits per heavy atom. The van der Waals surface area contributed by atoms with Crippen LogP contribution in [0.2, 0.25) is 0 Å². The van der Waals surface area contributed by atoms with E-state index in [9.17, 15) is 0 Å². The molecule has 0 saturated carbocycles. The van der Waals surface area contributed by atoms with Gasteiger partial charge in [0.1, 0.15) is 5.82 Å². The lowest BCUT2D eigenvalue weighted by Gasteiger charge is -2.09. The fraction of sp³-hybridized carbons (Fsp3) is 0.294. The van der Waals surface area contributed by atoms with Crippen molar-refractivity contribution in [3.05, 3.63) is 54.0 Å². The first-order valence-electron chi connectivity index (χ1n) is 7.58. The second kappa shape index (κ2) is 6.47. The van der Waals surface area contributed by atoms with Gasteiger partial charge in [-0.2, -0.15) is 0 Å². The van der Waals surface area contributed by atoms with Crippen molar-refractivity contribution < 1.29 is 4.42 Å². The molecule has 0 spiro atoms. The van der Waals surface area contributed by atoms with Gasteiger partial charge in [-0.25, -0.2) is 0 Å². The highest BCUT2D eigenvalue weighted by Gasteiger charge is 2.15. The highest BCUT2D eigenvalue weighted by Crippen LogP contribution is 2.21. The van der Waals surface area contributed by atoms with Gasteiger partial charge in [-0.15, -0.1) is 10.2 Å². The largest absolute Gasteiger partial charge is 0.461 e. The SMILES string of the molecule is CCCCc1nnc(-c2ccco2)n1Cc1ccc(N)cc1. The molecule has 5 heteroatoms. The van der Waals surface area contributed by atoms with Crippen molar-refractivity contribution in [2.24, 2.45) is 0 Å². The van der Waals surface area contributed by atoms with Crippen molar-refractivity contribution in [3.8, 4) is 11.6 Å². The predicted molar refractivity (Wildman–Crippen MR) is 86.3 cm³/mol. The number of unbranched alkanes of at least 4 members (excludes halogenated alkanes) is 1. The lowest BCUT2D eigenvalue weighted by Crippen LogP contribution is -2.07. The van der Waals surface area contributed by atoms with E-state index in [1.807, 2.05) is 36.4 Å². The summed E-state index contributed by atoms with van der Waals surface area (Å²) in [5, 5.41) is 8.67. The maximum absolute atomic E-state index is 5.76. The molecule has 0 aliphatic carbocycles. The van der Waals surface area contributed by atoms with Crippen molar-refractivity contribution in [1.82, 2.24) is 14.8 Å². The third-order valence-corrected chi connectivity index (χ3v) is 3.64. The van der Waals surface area contributed by atoms with Crippen LogP contribution in [0, 0.1) is 0 Å². The molecule has 114 valence electrons. The molecule has 0 amide bonds. The number of hydrogen-bond acceptors (Lipinski definition) is 4. The van der Waals surface area contributed by atoms with Gasteiger partial charge in [0, 0.05) is 12.1 Å². The number of aromatic nitrogens is 3. The van der Waals surface area contributed by atoms with E-state index in [1.54, 1.807) is 6.26 Å². The van der Waals surface area contributed by atoms with E-state index in [1.165, 1.54) is 5.56 Å². The van der Waals surface area contributed by atoms with Crippen molar-refractivity contribution in [2.45, 2.75) is 32.7 Å². The molecule has 0 aliphatic rings. The van der Waals surface area contributed by atoms with E-state index in [0.29, 0.717) is 6.54 Å². The minimum atomic E-state index is 0.711. The zero-order chi connectivity index (χ0) is 15.4. The highest BCUT2D eigenvalue weighted by atomic mass is 16.3. The summed E-state index contributed by atoms with van der Waals surface area (Å²) >= 11 is 0. The summed E-state index contributed by atoms with van der Waals surface area (Å²) in [6.45, 7) is 2.89. The molecule has 5 nitrogen and oxygen atoms in total. The molecule has 0 bridgehead atoms. The van der Waals surface area contributed by atoms with E-state index < -0.39 is 0 Å². The molecule has 2 N–H and O–H groups in total. The van der Waals surface area contributed by atoms with Gasteiger partial charge in [0.2, 0.25) is 0 Å². The zero-order valence-electron chi connectivity index (χ0n) is 12.7. The van der Waals surface area contributed by atoms with Crippen molar-refractivity contribution in [3.63, 3.8) is 0 Å². The highest BCUT2D eigenvalue weighted by molar-refractivity contribution is 5.47. The zero-order valence-corrected chi connectivity index (χ0v) is 12.7. The first kappa shape index (κ1) is 14.4. The van der Waals surface area contributed by atoms with Crippen LogP contribution < -0.4 is 5.73 Å². The van der Waals surface area contributed by atoms with E-state index in [0.717, 1.165) is 42.4 Å². The molecule has 0 atom stereocenters. The van der Waals surface area contributed by atoms with Crippen LogP contribution in [0.25, 0.3) is 11.6 Å². The van der Waals surface area contributed by atoms with Gasteiger partial charge in [0.25, 0.3) is 0 Å². The van der Waals surface area contributed by atoms with E-state index >= 15 is 0 Å². The van der Waals surface area contributed by atoms with Crippen LogP contribution >= 0.6 is 0 Å². The molecule has 3 rings (SSSR count). The summed E-state index contributed by atoms with van der Waals surface area (Å²) in [6.07, 6.45) is 4.80. The molecule has 3 aromatic rings. The Balaban J connectivity index is 1.94. The minimum Gasteiger partial charge on any atom is -0.461 e. The topological polar surface area (TPSA) is 69.9 Å². The molecule has 0 unspecified atom stereocenters. The van der Waals surface area contributed by atoms with Crippen LogP contribution in [-0.4, -0.2) is 14.8 Å². The van der Waals surface area contributed by atoms with Crippen LogP contribution in [0.4, 0.5) is 5.69 Å². The molecule has 2 aromatic heterocycles. The number of nitrogens with two attached hydrogens (primary N) is 1. The predicted octanol–water partition coefficient (Wildman–Crippen LogP) is 3.51. The number of aryl methyl sites for hydroxylation is 1. The monoisotopic (exact) mass is 296 g/mol. The number of furan rings is 1.